The molecule has 0 spiro atoms. The Labute approximate surface area is 113 Å². The van der Waals surface area contributed by atoms with Gasteiger partial charge in [0.2, 0.25) is 5.56 Å². The van der Waals surface area contributed by atoms with Gasteiger partial charge in [-0.05, 0) is 30.7 Å². The lowest BCUT2D eigenvalue weighted by molar-refractivity contribution is 0.0703. The van der Waals surface area contributed by atoms with Crippen molar-refractivity contribution >= 4 is 5.91 Å². The predicted octanol–water partition coefficient (Wildman–Crippen LogP) is 2.42. The second-order valence-electron chi connectivity index (χ2n) is 6.50. The highest BCUT2D eigenvalue weighted by molar-refractivity contribution is 5.94. The minimum atomic E-state index is -0.177. The Hall–Kier alpha value is -1.58. The Morgan fingerprint density at radius 3 is 2.74 bits per heavy atom. The molecule has 0 aromatic carbocycles. The Morgan fingerprint density at radius 1 is 1.42 bits per heavy atom. The van der Waals surface area contributed by atoms with Gasteiger partial charge in [0.1, 0.15) is 0 Å². The first-order valence-electron chi connectivity index (χ1n) is 6.86. The molecule has 2 heterocycles. The molecule has 0 radical (unpaired) electrons. The molecule has 1 aromatic heterocycles. The second-order valence-corrected chi connectivity index (χ2v) is 6.50. The molecule has 1 fully saturated rings. The molecular formula is C15H22N2O2. The van der Waals surface area contributed by atoms with Gasteiger partial charge in [-0.3, -0.25) is 9.59 Å². The number of hydrogen-bond donors (Lipinski definition) is 1. The van der Waals surface area contributed by atoms with Gasteiger partial charge >= 0.3 is 0 Å². The van der Waals surface area contributed by atoms with E-state index in [1.165, 1.54) is 12.3 Å². The lowest BCUT2D eigenvalue weighted by Crippen LogP contribution is -2.37. The fraction of sp³-hybridized carbons (Fsp3) is 0.600. The summed E-state index contributed by atoms with van der Waals surface area (Å²) in [7, 11) is 0. The van der Waals surface area contributed by atoms with Crippen molar-refractivity contribution in [3.05, 3.63) is 34.2 Å². The van der Waals surface area contributed by atoms with E-state index in [1.807, 2.05) is 4.90 Å². The molecule has 4 nitrogen and oxygen atoms in total. The van der Waals surface area contributed by atoms with Gasteiger partial charge in [0.25, 0.3) is 5.91 Å². The molecule has 1 N–H and O–H groups in total. The van der Waals surface area contributed by atoms with Crippen LogP contribution < -0.4 is 5.56 Å². The number of H-pyrrole nitrogens is 1. The maximum Gasteiger partial charge on any atom is 0.255 e. The highest BCUT2D eigenvalue weighted by Gasteiger charge is 2.32. The summed E-state index contributed by atoms with van der Waals surface area (Å²) in [6, 6.07) is 3.33. The maximum absolute atomic E-state index is 12.5. The van der Waals surface area contributed by atoms with E-state index in [4.69, 9.17) is 0 Å². The summed E-state index contributed by atoms with van der Waals surface area (Å²) >= 11 is 0. The van der Waals surface area contributed by atoms with E-state index in [1.54, 1.807) is 6.07 Å². The molecule has 104 valence electrons. The molecule has 0 aliphatic carbocycles. The molecule has 4 heteroatoms. The third-order valence-electron chi connectivity index (χ3n) is 3.52. The first kappa shape index (κ1) is 13.8. The zero-order chi connectivity index (χ0) is 14.0. The molecule has 1 aliphatic heterocycles. The van der Waals surface area contributed by atoms with Gasteiger partial charge < -0.3 is 9.88 Å². The number of aromatic amines is 1. The van der Waals surface area contributed by atoms with Crippen LogP contribution in [0.2, 0.25) is 0 Å². The van der Waals surface area contributed by atoms with Gasteiger partial charge in [0, 0.05) is 24.8 Å². The van der Waals surface area contributed by atoms with Crippen molar-refractivity contribution in [2.24, 2.45) is 5.41 Å². The fourth-order valence-corrected chi connectivity index (χ4v) is 2.73. The van der Waals surface area contributed by atoms with Crippen LogP contribution >= 0.6 is 0 Å². The Kier molecular flexibility index (Phi) is 3.78. The van der Waals surface area contributed by atoms with E-state index in [9.17, 15) is 9.59 Å². The number of pyridine rings is 1. The smallest absolute Gasteiger partial charge is 0.255 e. The minimum Gasteiger partial charge on any atom is -0.336 e. The maximum atomic E-state index is 12.5. The van der Waals surface area contributed by atoms with Crippen LogP contribution in [0.15, 0.2) is 23.1 Å². The minimum absolute atomic E-state index is 0.0306. The summed E-state index contributed by atoms with van der Waals surface area (Å²) in [4.78, 5) is 28.0. The van der Waals surface area contributed by atoms with Crippen molar-refractivity contribution in [2.75, 3.05) is 6.54 Å². The van der Waals surface area contributed by atoms with Crippen molar-refractivity contribution < 1.29 is 4.79 Å². The average Bonchev–Trinajstić information content (AvgIpc) is 2.75. The molecule has 0 unspecified atom stereocenters. The predicted molar refractivity (Wildman–Crippen MR) is 75.2 cm³/mol. The van der Waals surface area contributed by atoms with Gasteiger partial charge in [-0.2, -0.15) is 0 Å². The molecular weight excluding hydrogens is 240 g/mol. The van der Waals surface area contributed by atoms with E-state index >= 15 is 0 Å². The molecule has 1 saturated heterocycles. The van der Waals surface area contributed by atoms with Crippen molar-refractivity contribution in [1.82, 2.24) is 9.88 Å². The van der Waals surface area contributed by atoms with Crippen LogP contribution in [0.3, 0.4) is 0 Å². The van der Waals surface area contributed by atoms with Crippen molar-refractivity contribution in [3.63, 3.8) is 0 Å². The zero-order valence-electron chi connectivity index (χ0n) is 11.9. The van der Waals surface area contributed by atoms with Gasteiger partial charge in [-0.15, -0.1) is 0 Å². The molecule has 2 rings (SSSR count). The van der Waals surface area contributed by atoms with Gasteiger partial charge in [0.15, 0.2) is 0 Å². The van der Waals surface area contributed by atoms with Gasteiger partial charge in [-0.25, -0.2) is 0 Å². The number of nitrogens with zero attached hydrogens (tertiary/aromatic N) is 1. The summed E-state index contributed by atoms with van der Waals surface area (Å²) in [6.07, 6.45) is 4.67. The van der Waals surface area contributed by atoms with E-state index < -0.39 is 0 Å². The number of aromatic nitrogens is 1. The van der Waals surface area contributed by atoms with Crippen molar-refractivity contribution in [1.29, 1.82) is 0 Å². The molecule has 0 saturated carbocycles. The lowest BCUT2D eigenvalue weighted by Gasteiger charge is -2.30. The van der Waals surface area contributed by atoms with Crippen LogP contribution in [-0.4, -0.2) is 28.4 Å². The van der Waals surface area contributed by atoms with E-state index in [-0.39, 0.29) is 16.9 Å². The Balaban J connectivity index is 2.13. The first-order valence-corrected chi connectivity index (χ1v) is 6.86. The van der Waals surface area contributed by atoms with Crippen LogP contribution in [0.4, 0.5) is 0 Å². The Bertz CT molecular complexity index is 493. The highest BCUT2D eigenvalue weighted by atomic mass is 16.2. The second kappa shape index (κ2) is 5.19. The van der Waals surface area contributed by atoms with Crippen LogP contribution in [0.25, 0.3) is 0 Å². The highest BCUT2D eigenvalue weighted by Crippen LogP contribution is 2.30. The third kappa shape index (κ3) is 3.46. The summed E-state index contributed by atoms with van der Waals surface area (Å²) in [5.74, 6) is 0.0306. The van der Waals surface area contributed by atoms with Gasteiger partial charge in [-0.1, -0.05) is 20.8 Å². The standard InChI is InChI=1S/C15H22N2O2/c1-15(2,3)9-12-5-4-8-17(12)14(19)11-6-7-13(18)16-10-11/h6-7,10,12H,4-5,8-9H2,1-3H3,(H,16,18)/t12-/m1/s1. The normalized spacial score (nSPS) is 19.7. The van der Waals surface area contributed by atoms with E-state index in [0.717, 1.165) is 25.8 Å². The molecule has 1 amide bonds. The third-order valence-corrected chi connectivity index (χ3v) is 3.52. The molecule has 19 heavy (non-hydrogen) atoms. The molecule has 1 aliphatic rings. The number of carbonyl (C=O) groups excluding carboxylic acids is 1. The van der Waals surface area contributed by atoms with Crippen LogP contribution in [0.5, 0.6) is 0 Å². The topological polar surface area (TPSA) is 53.2 Å². The number of hydrogen-bond acceptors (Lipinski definition) is 2. The van der Waals surface area contributed by atoms with Crippen LogP contribution in [-0.2, 0) is 0 Å². The van der Waals surface area contributed by atoms with Crippen LogP contribution in [0.1, 0.15) is 50.4 Å². The summed E-state index contributed by atoms with van der Waals surface area (Å²) in [5, 5.41) is 0. The zero-order valence-corrected chi connectivity index (χ0v) is 11.9. The number of rotatable bonds is 2. The van der Waals surface area contributed by atoms with E-state index in [2.05, 4.69) is 25.8 Å². The van der Waals surface area contributed by atoms with Crippen molar-refractivity contribution in [2.45, 2.75) is 46.1 Å². The summed E-state index contributed by atoms with van der Waals surface area (Å²) < 4.78 is 0. The lowest BCUT2D eigenvalue weighted by atomic mass is 9.87. The average molecular weight is 262 g/mol. The molecule has 1 atom stereocenters. The quantitative estimate of drug-likeness (QED) is 0.890. The Morgan fingerprint density at radius 2 is 2.16 bits per heavy atom. The first-order chi connectivity index (χ1) is 8.87. The summed E-state index contributed by atoms with van der Waals surface area (Å²) in [5.41, 5.74) is 0.614. The monoisotopic (exact) mass is 262 g/mol. The number of likely N-dealkylation sites (tertiary alicyclic amines) is 1. The summed E-state index contributed by atoms with van der Waals surface area (Å²) in [6.45, 7) is 7.43. The van der Waals surface area contributed by atoms with Gasteiger partial charge in [0.05, 0.1) is 5.56 Å². The number of nitrogens with one attached hydrogen (secondary N) is 1. The molecule has 1 aromatic rings. The van der Waals surface area contributed by atoms with Crippen LogP contribution in [0, 0.1) is 5.41 Å². The SMILES string of the molecule is CC(C)(C)C[C@H]1CCCN1C(=O)c1ccc(=O)[nH]c1. The number of amides is 1. The van der Waals surface area contributed by atoms with Crippen molar-refractivity contribution in [3.8, 4) is 0 Å². The largest absolute Gasteiger partial charge is 0.336 e. The fourth-order valence-electron chi connectivity index (χ4n) is 2.73. The number of carbonyl (C=O) groups is 1. The van der Waals surface area contributed by atoms with E-state index in [0.29, 0.717) is 11.6 Å². The molecule has 0 bridgehead atoms.